The Hall–Kier alpha value is -2.44. The molecule has 0 unspecified atom stereocenters. The lowest BCUT2D eigenvalue weighted by Gasteiger charge is -2.34. The Morgan fingerprint density at radius 3 is 2.79 bits per heavy atom. The minimum absolute atomic E-state index is 0.00943. The summed E-state index contributed by atoms with van der Waals surface area (Å²) in [6.07, 6.45) is 5.36. The van der Waals surface area contributed by atoms with Gasteiger partial charge in [0.2, 0.25) is 0 Å². The highest BCUT2D eigenvalue weighted by atomic mass is 16.1. The van der Waals surface area contributed by atoms with E-state index < -0.39 is 0 Å². The second-order valence-electron chi connectivity index (χ2n) is 7.92. The average Bonchev–Trinajstić information content (AvgIpc) is 3.31. The summed E-state index contributed by atoms with van der Waals surface area (Å²) in [4.78, 5) is 21.9. The van der Waals surface area contributed by atoms with Gasteiger partial charge in [0.05, 0.1) is 0 Å². The molecule has 2 N–H and O–H groups in total. The van der Waals surface area contributed by atoms with Gasteiger partial charge in [0.15, 0.2) is 0 Å². The van der Waals surface area contributed by atoms with Crippen LogP contribution in [0.4, 0.5) is 5.82 Å². The summed E-state index contributed by atoms with van der Waals surface area (Å²) in [5, 5.41) is 6.64. The van der Waals surface area contributed by atoms with Crippen molar-refractivity contribution < 1.29 is 4.79 Å². The first-order valence-electron chi connectivity index (χ1n) is 10.8. The van der Waals surface area contributed by atoms with Gasteiger partial charge in [0, 0.05) is 44.0 Å². The van der Waals surface area contributed by atoms with Crippen LogP contribution in [-0.2, 0) is 0 Å². The second kappa shape index (κ2) is 9.85. The van der Waals surface area contributed by atoms with E-state index >= 15 is 0 Å². The number of benzene rings is 1. The maximum Gasteiger partial charge on any atom is 0.251 e. The zero-order valence-corrected chi connectivity index (χ0v) is 17.0. The fraction of sp³-hybridized carbons (Fsp3) is 0.478. The summed E-state index contributed by atoms with van der Waals surface area (Å²) in [6.45, 7) is 6.83. The second-order valence-corrected chi connectivity index (χ2v) is 7.92. The van der Waals surface area contributed by atoms with Crippen molar-refractivity contribution in [1.29, 1.82) is 0 Å². The number of aromatic nitrogens is 1. The Labute approximate surface area is 173 Å². The van der Waals surface area contributed by atoms with Gasteiger partial charge in [0.25, 0.3) is 5.91 Å². The van der Waals surface area contributed by atoms with Crippen LogP contribution in [0.15, 0.2) is 48.7 Å². The molecule has 0 saturated carbocycles. The van der Waals surface area contributed by atoms with Crippen LogP contribution < -0.4 is 15.5 Å². The topological polar surface area (TPSA) is 60.5 Å². The largest absolute Gasteiger partial charge is 0.353 e. The van der Waals surface area contributed by atoms with Crippen LogP contribution in [0, 0.1) is 0 Å². The molecule has 29 heavy (non-hydrogen) atoms. The first-order valence-corrected chi connectivity index (χ1v) is 10.8. The fourth-order valence-corrected chi connectivity index (χ4v) is 4.21. The molecule has 1 aromatic heterocycles. The first-order chi connectivity index (χ1) is 14.3. The highest BCUT2D eigenvalue weighted by molar-refractivity contribution is 5.94. The molecular weight excluding hydrogens is 362 g/mol. The van der Waals surface area contributed by atoms with Gasteiger partial charge in [-0.05, 0) is 56.6 Å². The summed E-state index contributed by atoms with van der Waals surface area (Å²) >= 11 is 0. The number of rotatable bonds is 7. The number of piperazine rings is 1. The van der Waals surface area contributed by atoms with Gasteiger partial charge in [-0.3, -0.25) is 4.79 Å². The zero-order chi connectivity index (χ0) is 19.9. The number of amides is 1. The predicted octanol–water partition coefficient (Wildman–Crippen LogP) is 2.45. The highest BCUT2D eigenvalue weighted by Gasteiger charge is 2.22. The van der Waals surface area contributed by atoms with E-state index in [0.29, 0.717) is 5.56 Å². The van der Waals surface area contributed by atoms with E-state index in [1.807, 2.05) is 12.1 Å². The molecule has 0 bridgehead atoms. The highest BCUT2D eigenvalue weighted by Crippen LogP contribution is 2.21. The van der Waals surface area contributed by atoms with Gasteiger partial charge in [-0.1, -0.05) is 30.3 Å². The van der Waals surface area contributed by atoms with Gasteiger partial charge < -0.3 is 20.4 Å². The smallest absolute Gasteiger partial charge is 0.251 e. The predicted molar refractivity (Wildman–Crippen MR) is 116 cm³/mol. The molecule has 2 aliphatic heterocycles. The maximum absolute atomic E-state index is 12.6. The molecule has 6 heteroatoms. The van der Waals surface area contributed by atoms with Crippen LogP contribution in [0.25, 0.3) is 0 Å². The van der Waals surface area contributed by atoms with Crippen molar-refractivity contribution in [3.05, 3.63) is 59.8 Å². The van der Waals surface area contributed by atoms with Crippen LogP contribution in [-0.4, -0.2) is 61.6 Å². The molecule has 2 saturated heterocycles. The lowest BCUT2D eigenvalue weighted by Crippen LogP contribution is -2.46. The lowest BCUT2D eigenvalue weighted by molar-refractivity contribution is 0.0952. The standard InChI is InChI=1S/C23H31N5O/c29-23(26-10-6-15-27-13-4-5-14-27)20-9-11-25-22(17-20)28-16-12-24-21(18-28)19-7-2-1-3-8-19/h1-3,7-9,11,17,21,24H,4-6,10,12-16,18H2,(H,26,29)/t21-/m0/s1. The normalized spacial score (nSPS) is 20.0. The average molecular weight is 394 g/mol. The van der Waals surface area contributed by atoms with E-state index in [1.165, 1.54) is 31.5 Å². The molecule has 0 radical (unpaired) electrons. The van der Waals surface area contributed by atoms with Crippen LogP contribution >= 0.6 is 0 Å². The number of nitrogens with one attached hydrogen (secondary N) is 2. The molecular formula is C23H31N5O. The fourth-order valence-electron chi connectivity index (χ4n) is 4.21. The molecule has 154 valence electrons. The third-order valence-electron chi connectivity index (χ3n) is 5.84. The van der Waals surface area contributed by atoms with Crippen LogP contribution in [0.2, 0.25) is 0 Å². The van der Waals surface area contributed by atoms with Crippen LogP contribution in [0.1, 0.15) is 41.2 Å². The number of carbonyl (C=O) groups is 1. The number of hydrogen-bond donors (Lipinski definition) is 2. The van der Waals surface area contributed by atoms with Gasteiger partial charge in [-0.15, -0.1) is 0 Å². The van der Waals surface area contributed by atoms with E-state index in [-0.39, 0.29) is 11.9 Å². The van der Waals surface area contributed by atoms with Gasteiger partial charge >= 0.3 is 0 Å². The summed E-state index contributed by atoms with van der Waals surface area (Å²) in [5.74, 6) is 0.863. The Morgan fingerprint density at radius 1 is 1.14 bits per heavy atom. The van der Waals surface area contributed by atoms with Crippen molar-refractivity contribution in [2.24, 2.45) is 0 Å². The van der Waals surface area contributed by atoms with Crippen molar-refractivity contribution in [3.63, 3.8) is 0 Å². The monoisotopic (exact) mass is 393 g/mol. The molecule has 2 fully saturated rings. The lowest BCUT2D eigenvalue weighted by atomic mass is 10.0. The Kier molecular flexibility index (Phi) is 6.75. The molecule has 0 aliphatic carbocycles. The minimum atomic E-state index is -0.00943. The number of hydrogen-bond acceptors (Lipinski definition) is 5. The van der Waals surface area contributed by atoms with Crippen molar-refractivity contribution in [3.8, 4) is 0 Å². The Bertz CT molecular complexity index is 791. The van der Waals surface area contributed by atoms with Crippen molar-refractivity contribution >= 4 is 11.7 Å². The maximum atomic E-state index is 12.6. The molecule has 4 rings (SSSR count). The van der Waals surface area contributed by atoms with E-state index in [1.54, 1.807) is 12.3 Å². The molecule has 2 aromatic rings. The van der Waals surface area contributed by atoms with E-state index in [2.05, 4.69) is 49.7 Å². The van der Waals surface area contributed by atoms with Crippen molar-refractivity contribution in [1.82, 2.24) is 20.5 Å². The van der Waals surface area contributed by atoms with Gasteiger partial charge in [-0.2, -0.15) is 0 Å². The SMILES string of the molecule is O=C(NCCCN1CCCC1)c1ccnc(N2CCN[C@H](c3ccccc3)C2)c1. The summed E-state index contributed by atoms with van der Waals surface area (Å²) < 4.78 is 0. The summed E-state index contributed by atoms with van der Waals surface area (Å²) in [7, 11) is 0. The number of likely N-dealkylation sites (tertiary alicyclic amines) is 1. The van der Waals surface area contributed by atoms with Crippen LogP contribution in [0.3, 0.4) is 0 Å². The quantitative estimate of drug-likeness (QED) is 0.708. The van der Waals surface area contributed by atoms with Gasteiger partial charge in [0.1, 0.15) is 5.82 Å². The van der Waals surface area contributed by atoms with Crippen molar-refractivity contribution in [2.45, 2.75) is 25.3 Å². The number of pyridine rings is 1. The van der Waals surface area contributed by atoms with E-state index in [9.17, 15) is 4.79 Å². The number of anilines is 1. The molecule has 1 aromatic carbocycles. The third kappa shape index (κ3) is 5.34. The van der Waals surface area contributed by atoms with E-state index in [0.717, 1.165) is 45.0 Å². The minimum Gasteiger partial charge on any atom is -0.353 e. The van der Waals surface area contributed by atoms with E-state index in [4.69, 9.17) is 0 Å². The molecule has 6 nitrogen and oxygen atoms in total. The van der Waals surface area contributed by atoms with Crippen LogP contribution in [0.5, 0.6) is 0 Å². The summed E-state index contributed by atoms with van der Waals surface area (Å²) in [5.41, 5.74) is 1.97. The van der Waals surface area contributed by atoms with Crippen molar-refractivity contribution in [2.75, 3.05) is 50.7 Å². The zero-order valence-electron chi connectivity index (χ0n) is 17.0. The number of carbonyl (C=O) groups excluding carboxylic acids is 1. The first kappa shape index (κ1) is 19.9. The molecule has 1 atom stereocenters. The molecule has 3 heterocycles. The van der Waals surface area contributed by atoms with Gasteiger partial charge in [-0.25, -0.2) is 4.98 Å². The molecule has 1 amide bonds. The number of nitrogens with zero attached hydrogens (tertiary/aromatic N) is 3. The Morgan fingerprint density at radius 2 is 1.97 bits per heavy atom. The molecule has 0 spiro atoms. The molecule has 2 aliphatic rings. The third-order valence-corrected chi connectivity index (χ3v) is 5.84. The Balaban J connectivity index is 1.32. The summed E-state index contributed by atoms with van der Waals surface area (Å²) in [6, 6.07) is 14.5.